The van der Waals surface area contributed by atoms with Crippen molar-refractivity contribution >= 4 is 11.8 Å². The molecule has 1 saturated heterocycles. The number of hydrogen-bond acceptors (Lipinski definition) is 3. The van der Waals surface area contributed by atoms with Crippen LogP contribution in [0.3, 0.4) is 0 Å². The second-order valence-corrected chi connectivity index (χ2v) is 5.58. The highest BCUT2D eigenvalue weighted by Gasteiger charge is 2.25. The summed E-state index contributed by atoms with van der Waals surface area (Å²) in [5, 5.41) is 0. The van der Waals surface area contributed by atoms with E-state index < -0.39 is 0 Å². The molecule has 1 fully saturated rings. The monoisotopic (exact) mass is 211 g/mol. The molecular weight excluding hydrogens is 194 g/mol. The number of imidazole rings is 1. The summed E-state index contributed by atoms with van der Waals surface area (Å²) in [7, 11) is 0. The largest absolute Gasteiger partial charge is 0.329 e. The average Bonchev–Trinajstić information content (AvgIpc) is 2.73. The summed E-state index contributed by atoms with van der Waals surface area (Å²) >= 11 is 2.01. The molecule has 2 rings (SSSR count). The Morgan fingerprint density at radius 2 is 2.43 bits per heavy atom. The van der Waals surface area contributed by atoms with Crippen LogP contribution in [0.25, 0.3) is 0 Å². The second-order valence-electron chi connectivity index (χ2n) is 4.43. The van der Waals surface area contributed by atoms with E-state index in [0.29, 0.717) is 6.04 Å². The molecule has 1 unspecified atom stereocenters. The quantitative estimate of drug-likeness (QED) is 0.810. The van der Waals surface area contributed by atoms with Gasteiger partial charge in [0.15, 0.2) is 0 Å². The molecule has 1 aliphatic heterocycles. The van der Waals surface area contributed by atoms with Crippen LogP contribution in [0.2, 0.25) is 0 Å². The SMILES string of the molecule is CC(C)(N)c1cncn1C1CCSC1. The van der Waals surface area contributed by atoms with Crippen LogP contribution < -0.4 is 5.73 Å². The van der Waals surface area contributed by atoms with Crippen molar-refractivity contribution in [1.82, 2.24) is 9.55 Å². The number of aromatic nitrogens is 2. The minimum atomic E-state index is -0.288. The third-order valence-corrected chi connectivity index (χ3v) is 3.77. The van der Waals surface area contributed by atoms with Crippen LogP contribution in [0.5, 0.6) is 0 Å². The molecule has 0 aliphatic carbocycles. The predicted molar refractivity (Wildman–Crippen MR) is 60.4 cm³/mol. The number of hydrogen-bond donors (Lipinski definition) is 1. The van der Waals surface area contributed by atoms with Gasteiger partial charge in [-0.3, -0.25) is 0 Å². The second kappa shape index (κ2) is 3.59. The van der Waals surface area contributed by atoms with Gasteiger partial charge in [-0.2, -0.15) is 11.8 Å². The molecular formula is C10H17N3S. The average molecular weight is 211 g/mol. The van der Waals surface area contributed by atoms with Crippen LogP contribution in [0.1, 0.15) is 32.0 Å². The highest BCUT2D eigenvalue weighted by atomic mass is 32.2. The lowest BCUT2D eigenvalue weighted by Crippen LogP contribution is -2.32. The Bertz CT molecular complexity index is 307. The van der Waals surface area contributed by atoms with Gasteiger partial charge in [-0.15, -0.1) is 0 Å². The molecule has 0 radical (unpaired) electrons. The molecule has 2 heterocycles. The molecule has 3 nitrogen and oxygen atoms in total. The van der Waals surface area contributed by atoms with Crippen LogP contribution >= 0.6 is 11.8 Å². The summed E-state index contributed by atoms with van der Waals surface area (Å²) in [4.78, 5) is 4.21. The maximum absolute atomic E-state index is 6.10. The van der Waals surface area contributed by atoms with Crippen LogP contribution in [-0.2, 0) is 5.54 Å². The van der Waals surface area contributed by atoms with Crippen molar-refractivity contribution < 1.29 is 0 Å². The maximum Gasteiger partial charge on any atom is 0.0951 e. The first-order valence-electron chi connectivity index (χ1n) is 4.98. The Hall–Kier alpha value is -0.480. The van der Waals surface area contributed by atoms with Crippen LogP contribution in [0, 0.1) is 0 Å². The summed E-state index contributed by atoms with van der Waals surface area (Å²) in [5.41, 5.74) is 6.96. The first-order valence-corrected chi connectivity index (χ1v) is 6.13. The number of rotatable bonds is 2. The third-order valence-electron chi connectivity index (χ3n) is 2.63. The van der Waals surface area contributed by atoms with E-state index in [4.69, 9.17) is 5.73 Å². The van der Waals surface area contributed by atoms with Gasteiger partial charge in [0.1, 0.15) is 0 Å². The first-order chi connectivity index (χ1) is 6.59. The van der Waals surface area contributed by atoms with E-state index >= 15 is 0 Å². The zero-order valence-electron chi connectivity index (χ0n) is 8.73. The molecule has 78 valence electrons. The van der Waals surface area contributed by atoms with E-state index in [1.165, 1.54) is 17.9 Å². The molecule has 1 aromatic heterocycles. The zero-order valence-corrected chi connectivity index (χ0v) is 9.55. The Morgan fingerprint density at radius 1 is 1.64 bits per heavy atom. The smallest absolute Gasteiger partial charge is 0.0951 e. The van der Waals surface area contributed by atoms with Gasteiger partial charge < -0.3 is 10.3 Å². The molecule has 4 heteroatoms. The fourth-order valence-corrected chi connectivity index (χ4v) is 3.04. The van der Waals surface area contributed by atoms with Crippen molar-refractivity contribution in [3.8, 4) is 0 Å². The molecule has 0 amide bonds. The van der Waals surface area contributed by atoms with E-state index in [-0.39, 0.29) is 5.54 Å². The normalized spacial score (nSPS) is 22.9. The Kier molecular flexibility index (Phi) is 2.58. The molecule has 0 bridgehead atoms. The Balaban J connectivity index is 2.29. The third kappa shape index (κ3) is 1.81. The van der Waals surface area contributed by atoms with Gasteiger partial charge in [0.25, 0.3) is 0 Å². The van der Waals surface area contributed by atoms with E-state index in [0.717, 1.165) is 5.69 Å². The summed E-state index contributed by atoms with van der Waals surface area (Å²) < 4.78 is 2.25. The minimum Gasteiger partial charge on any atom is -0.329 e. The fraction of sp³-hybridized carbons (Fsp3) is 0.700. The highest BCUT2D eigenvalue weighted by Crippen LogP contribution is 2.30. The number of nitrogens with zero attached hydrogens (tertiary/aromatic N) is 2. The topological polar surface area (TPSA) is 43.8 Å². The molecule has 1 aliphatic rings. The van der Waals surface area contributed by atoms with Gasteiger partial charge in [-0.1, -0.05) is 0 Å². The maximum atomic E-state index is 6.10. The minimum absolute atomic E-state index is 0.288. The van der Waals surface area contributed by atoms with Gasteiger partial charge in [0.2, 0.25) is 0 Å². The summed E-state index contributed by atoms with van der Waals surface area (Å²) in [6.07, 6.45) is 5.05. The van der Waals surface area contributed by atoms with Crippen molar-refractivity contribution in [3.05, 3.63) is 18.2 Å². The molecule has 14 heavy (non-hydrogen) atoms. The molecule has 0 aromatic carbocycles. The van der Waals surface area contributed by atoms with E-state index in [1.54, 1.807) is 0 Å². The zero-order chi connectivity index (χ0) is 10.2. The first kappa shape index (κ1) is 10.1. The van der Waals surface area contributed by atoms with Crippen molar-refractivity contribution in [1.29, 1.82) is 0 Å². The van der Waals surface area contributed by atoms with Crippen LogP contribution in [-0.4, -0.2) is 21.1 Å². The van der Waals surface area contributed by atoms with Crippen LogP contribution in [0.4, 0.5) is 0 Å². The van der Waals surface area contributed by atoms with Gasteiger partial charge in [-0.25, -0.2) is 4.98 Å². The molecule has 0 spiro atoms. The predicted octanol–water partition coefficient (Wildman–Crippen LogP) is 1.75. The standard InChI is InChI=1S/C10H17N3S/c1-10(2,11)9-5-12-7-13(9)8-3-4-14-6-8/h5,7-8H,3-4,6,11H2,1-2H3. The lowest BCUT2D eigenvalue weighted by molar-refractivity contribution is 0.454. The van der Waals surface area contributed by atoms with Crippen molar-refractivity contribution in [2.24, 2.45) is 5.73 Å². The lowest BCUT2D eigenvalue weighted by Gasteiger charge is -2.23. The van der Waals surface area contributed by atoms with E-state index in [2.05, 4.69) is 9.55 Å². The Morgan fingerprint density at radius 3 is 3.00 bits per heavy atom. The highest BCUT2D eigenvalue weighted by molar-refractivity contribution is 7.99. The molecule has 1 aromatic rings. The van der Waals surface area contributed by atoms with Crippen molar-refractivity contribution in [2.75, 3.05) is 11.5 Å². The van der Waals surface area contributed by atoms with Gasteiger partial charge in [0, 0.05) is 18.0 Å². The number of nitrogens with two attached hydrogens (primary N) is 1. The summed E-state index contributed by atoms with van der Waals surface area (Å²) in [5.74, 6) is 2.45. The number of thioether (sulfide) groups is 1. The van der Waals surface area contributed by atoms with E-state index in [9.17, 15) is 0 Å². The van der Waals surface area contributed by atoms with Crippen LogP contribution in [0.15, 0.2) is 12.5 Å². The lowest BCUT2D eigenvalue weighted by atomic mass is 10.0. The summed E-state index contributed by atoms with van der Waals surface area (Å²) in [6.45, 7) is 4.06. The van der Waals surface area contributed by atoms with Gasteiger partial charge in [0.05, 0.1) is 17.6 Å². The molecule has 2 N–H and O–H groups in total. The van der Waals surface area contributed by atoms with Gasteiger partial charge in [-0.05, 0) is 26.0 Å². The summed E-state index contributed by atoms with van der Waals surface area (Å²) in [6, 6.07) is 0.598. The molecule has 0 saturated carbocycles. The van der Waals surface area contributed by atoms with Gasteiger partial charge >= 0.3 is 0 Å². The molecule has 1 atom stereocenters. The fourth-order valence-electron chi connectivity index (χ4n) is 1.84. The van der Waals surface area contributed by atoms with E-state index in [1.807, 2.05) is 38.1 Å². The Labute approximate surface area is 89.1 Å². The van der Waals surface area contributed by atoms with Crippen molar-refractivity contribution in [3.63, 3.8) is 0 Å². The van der Waals surface area contributed by atoms with Crippen molar-refractivity contribution in [2.45, 2.75) is 31.8 Å².